The Morgan fingerprint density at radius 2 is 1.65 bits per heavy atom. The summed E-state index contributed by atoms with van der Waals surface area (Å²) in [4.78, 5) is 12.3. The molecule has 3 heteroatoms. The van der Waals surface area contributed by atoms with E-state index in [4.69, 9.17) is 4.74 Å². The summed E-state index contributed by atoms with van der Waals surface area (Å²) in [5.74, 6) is 0.918. The SMILES string of the molecule is Cc1cccc(C)c1OC(C)CNC(=O)Cc1ccc2ccccc2c1. The highest BCUT2D eigenvalue weighted by Crippen LogP contribution is 2.23. The maximum atomic E-state index is 12.3. The summed E-state index contributed by atoms with van der Waals surface area (Å²) < 4.78 is 6.02. The highest BCUT2D eigenvalue weighted by atomic mass is 16.5. The Hall–Kier alpha value is -2.81. The van der Waals surface area contributed by atoms with E-state index in [2.05, 4.69) is 29.6 Å². The number of para-hydroxylation sites is 1. The second-order valence-electron chi connectivity index (χ2n) is 6.81. The summed E-state index contributed by atoms with van der Waals surface area (Å²) in [6, 6.07) is 20.4. The number of benzene rings is 3. The maximum absolute atomic E-state index is 12.3. The molecule has 3 rings (SSSR count). The fourth-order valence-corrected chi connectivity index (χ4v) is 3.08. The summed E-state index contributed by atoms with van der Waals surface area (Å²) in [6.07, 6.45) is 0.288. The van der Waals surface area contributed by atoms with Crippen LogP contribution >= 0.6 is 0 Å². The number of rotatable bonds is 6. The first-order valence-electron chi connectivity index (χ1n) is 9.00. The van der Waals surface area contributed by atoms with Crippen molar-refractivity contribution in [3.63, 3.8) is 0 Å². The molecule has 0 aliphatic rings. The zero-order valence-corrected chi connectivity index (χ0v) is 15.6. The molecule has 134 valence electrons. The van der Waals surface area contributed by atoms with Gasteiger partial charge in [0.05, 0.1) is 13.0 Å². The molecule has 3 aromatic rings. The van der Waals surface area contributed by atoms with E-state index in [0.717, 1.165) is 27.8 Å². The third-order valence-electron chi connectivity index (χ3n) is 4.49. The van der Waals surface area contributed by atoms with Crippen molar-refractivity contribution in [2.24, 2.45) is 0 Å². The van der Waals surface area contributed by atoms with Crippen LogP contribution < -0.4 is 10.1 Å². The van der Waals surface area contributed by atoms with Gasteiger partial charge in [-0.2, -0.15) is 0 Å². The van der Waals surface area contributed by atoms with Gasteiger partial charge >= 0.3 is 0 Å². The molecule has 0 saturated carbocycles. The van der Waals surface area contributed by atoms with Crippen molar-refractivity contribution in [1.29, 1.82) is 0 Å². The summed E-state index contributed by atoms with van der Waals surface area (Å²) in [5, 5.41) is 5.32. The van der Waals surface area contributed by atoms with Crippen LogP contribution in [0.25, 0.3) is 10.8 Å². The largest absolute Gasteiger partial charge is 0.488 e. The molecule has 3 nitrogen and oxygen atoms in total. The summed E-state index contributed by atoms with van der Waals surface area (Å²) in [5.41, 5.74) is 3.24. The molecule has 0 aromatic heterocycles. The molecule has 1 unspecified atom stereocenters. The topological polar surface area (TPSA) is 38.3 Å². The number of aryl methyl sites for hydroxylation is 2. The van der Waals surface area contributed by atoms with Crippen LogP contribution in [0.5, 0.6) is 5.75 Å². The van der Waals surface area contributed by atoms with Gasteiger partial charge in [0.15, 0.2) is 0 Å². The molecule has 1 amide bonds. The number of ether oxygens (including phenoxy) is 1. The fourth-order valence-electron chi connectivity index (χ4n) is 3.08. The molecule has 0 aliphatic heterocycles. The molecule has 0 spiro atoms. The Labute approximate surface area is 155 Å². The van der Waals surface area contributed by atoms with E-state index in [0.29, 0.717) is 13.0 Å². The number of hydrogen-bond acceptors (Lipinski definition) is 2. The average Bonchev–Trinajstić information content (AvgIpc) is 2.63. The van der Waals surface area contributed by atoms with Crippen molar-refractivity contribution in [2.45, 2.75) is 33.3 Å². The van der Waals surface area contributed by atoms with Gasteiger partial charge in [-0.25, -0.2) is 0 Å². The van der Waals surface area contributed by atoms with Gasteiger partial charge in [-0.05, 0) is 48.2 Å². The fraction of sp³-hybridized carbons (Fsp3) is 0.261. The number of nitrogens with one attached hydrogen (secondary N) is 1. The summed E-state index contributed by atoms with van der Waals surface area (Å²) in [6.45, 7) is 6.53. The van der Waals surface area contributed by atoms with Crippen molar-refractivity contribution < 1.29 is 9.53 Å². The molecule has 0 aliphatic carbocycles. The predicted molar refractivity (Wildman–Crippen MR) is 107 cm³/mol. The minimum atomic E-state index is -0.0876. The Kier molecular flexibility index (Phi) is 5.57. The second kappa shape index (κ2) is 8.05. The van der Waals surface area contributed by atoms with Crippen molar-refractivity contribution in [3.8, 4) is 5.75 Å². The first-order chi connectivity index (χ1) is 12.5. The van der Waals surface area contributed by atoms with Crippen LogP contribution in [0.15, 0.2) is 60.7 Å². The molecular weight excluding hydrogens is 322 g/mol. The van der Waals surface area contributed by atoms with Gasteiger partial charge in [-0.3, -0.25) is 4.79 Å². The first-order valence-corrected chi connectivity index (χ1v) is 9.00. The number of fused-ring (bicyclic) bond motifs is 1. The zero-order valence-electron chi connectivity index (χ0n) is 15.6. The van der Waals surface area contributed by atoms with E-state index in [-0.39, 0.29) is 12.0 Å². The molecule has 0 bridgehead atoms. The molecule has 26 heavy (non-hydrogen) atoms. The molecule has 0 saturated heterocycles. The molecule has 0 heterocycles. The van der Waals surface area contributed by atoms with Gasteiger partial charge in [0.1, 0.15) is 11.9 Å². The third-order valence-corrected chi connectivity index (χ3v) is 4.49. The maximum Gasteiger partial charge on any atom is 0.224 e. The lowest BCUT2D eigenvalue weighted by molar-refractivity contribution is -0.120. The minimum Gasteiger partial charge on any atom is -0.488 e. The normalized spacial score (nSPS) is 12.0. The Balaban J connectivity index is 1.54. The van der Waals surface area contributed by atoms with E-state index in [1.165, 1.54) is 5.39 Å². The smallest absolute Gasteiger partial charge is 0.224 e. The van der Waals surface area contributed by atoms with Crippen molar-refractivity contribution in [3.05, 3.63) is 77.4 Å². The molecule has 1 atom stereocenters. The molecule has 1 N–H and O–H groups in total. The Bertz CT molecular complexity index is 897. The van der Waals surface area contributed by atoms with Crippen molar-refractivity contribution in [1.82, 2.24) is 5.32 Å². The Morgan fingerprint density at radius 1 is 0.962 bits per heavy atom. The van der Waals surface area contributed by atoms with Gasteiger partial charge < -0.3 is 10.1 Å². The standard InChI is InChI=1S/C23H25NO2/c1-16-7-6-8-17(2)23(16)26-18(3)15-24-22(25)14-19-11-12-20-9-4-5-10-21(20)13-19/h4-13,18H,14-15H2,1-3H3,(H,24,25). The number of carbonyl (C=O) groups is 1. The monoisotopic (exact) mass is 347 g/mol. The van der Waals surface area contributed by atoms with Crippen LogP contribution in [0.4, 0.5) is 0 Å². The zero-order chi connectivity index (χ0) is 18.5. The third kappa shape index (κ3) is 4.42. The first kappa shape index (κ1) is 18.0. The van der Waals surface area contributed by atoms with Crippen LogP contribution in [0, 0.1) is 13.8 Å². The van der Waals surface area contributed by atoms with E-state index in [1.54, 1.807) is 0 Å². The van der Waals surface area contributed by atoms with Crippen molar-refractivity contribution in [2.75, 3.05) is 6.54 Å². The minimum absolute atomic E-state index is 0.0113. The molecule has 0 fully saturated rings. The van der Waals surface area contributed by atoms with Crippen LogP contribution in [0.3, 0.4) is 0 Å². The van der Waals surface area contributed by atoms with E-state index < -0.39 is 0 Å². The van der Waals surface area contributed by atoms with Gasteiger partial charge in [-0.1, -0.05) is 60.7 Å². The van der Waals surface area contributed by atoms with Gasteiger partial charge in [0.2, 0.25) is 5.91 Å². The number of amides is 1. The van der Waals surface area contributed by atoms with E-state index in [9.17, 15) is 4.79 Å². The second-order valence-corrected chi connectivity index (χ2v) is 6.81. The lowest BCUT2D eigenvalue weighted by Gasteiger charge is -2.18. The number of carbonyl (C=O) groups excluding carboxylic acids is 1. The number of hydrogen-bond donors (Lipinski definition) is 1. The Morgan fingerprint density at radius 3 is 2.38 bits per heavy atom. The van der Waals surface area contributed by atoms with Gasteiger partial charge in [0, 0.05) is 0 Å². The highest BCUT2D eigenvalue weighted by molar-refractivity contribution is 5.85. The van der Waals surface area contributed by atoms with Gasteiger partial charge in [-0.15, -0.1) is 0 Å². The van der Waals surface area contributed by atoms with Crippen LogP contribution in [0.1, 0.15) is 23.6 Å². The van der Waals surface area contributed by atoms with Crippen molar-refractivity contribution >= 4 is 16.7 Å². The molecular formula is C23H25NO2. The molecule has 3 aromatic carbocycles. The van der Waals surface area contributed by atoms with Crippen LogP contribution in [0.2, 0.25) is 0 Å². The highest BCUT2D eigenvalue weighted by Gasteiger charge is 2.11. The quantitative estimate of drug-likeness (QED) is 0.709. The average molecular weight is 347 g/mol. The summed E-state index contributed by atoms with van der Waals surface area (Å²) in [7, 11) is 0. The van der Waals surface area contributed by atoms with Crippen LogP contribution in [-0.2, 0) is 11.2 Å². The lowest BCUT2D eigenvalue weighted by Crippen LogP contribution is -2.34. The van der Waals surface area contributed by atoms with E-state index >= 15 is 0 Å². The van der Waals surface area contributed by atoms with Crippen LogP contribution in [-0.4, -0.2) is 18.6 Å². The van der Waals surface area contributed by atoms with Gasteiger partial charge in [0.25, 0.3) is 0 Å². The predicted octanol–water partition coefficient (Wildman–Crippen LogP) is 4.58. The van der Waals surface area contributed by atoms with E-state index in [1.807, 2.05) is 57.2 Å². The lowest BCUT2D eigenvalue weighted by atomic mass is 10.0. The summed E-state index contributed by atoms with van der Waals surface area (Å²) >= 11 is 0. The molecule has 0 radical (unpaired) electrons.